The molecule has 1 heterocycles. The van der Waals surface area contributed by atoms with Crippen molar-refractivity contribution in [1.29, 1.82) is 0 Å². The van der Waals surface area contributed by atoms with Gasteiger partial charge in [0.2, 0.25) is 5.88 Å². The Hall–Kier alpha value is -3.65. The lowest BCUT2D eigenvalue weighted by atomic mass is 10.1. The van der Waals surface area contributed by atoms with Crippen LogP contribution in [0.5, 0.6) is 23.1 Å². The Bertz CT molecular complexity index is 1030. The maximum Gasteiger partial charge on any atom is 0.339 e. The summed E-state index contributed by atoms with van der Waals surface area (Å²) in [5.41, 5.74) is 1.53. The van der Waals surface area contributed by atoms with E-state index in [1.165, 1.54) is 0 Å². The third-order valence-corrected chi connectivity index (χ3v) is 4.83. The van der Waals surface area contributed by atoms with Gasteiger partial charge in [-0.2, -0.15) is 0 Å². The number of aliphatic hydroxyl groups excluding tert-OH is 1. The molecule has 3 rings (SSSR count). The number of aryl methyl sites for hydroxylation is 1. The van der Waals surface area contributed by atoms with Gasteiger partial charge in [-0.3, -0.25) is 4.98 Å². The maximum absolute atomic E-state index is 11.6. The first kappa shape index (κ1) is 25.0. The van der Waals surface area contributed by atoms with Crippen molar-refractivity contribution in [2.24, 2.45) is 0 Å². The van der Waals surface area contributed by atoms with Crippen molar-refractivity contribution in [3.05, 3.63) is 72.2 Å². The number of hydrogen-bond donors (Lipinski definition) is 1. The standard InChI is InChI=1S/C26H30N2O6/c1-3-6-20-17-22(34-24-18-27-13-14-28-24)11-12-23(20)33-16-5-15-32-21-9-7-19(8-10-21)25(29)26(30)31-4-2/h7-14,17-18,25,29H,3-6,15-16H2,1-2H3/t25-/m1/s1. The van der Waals surface area contributed by atoms with Crippen LogP contribution >= 0.6 is 0 Å². The third-order valence-electron chi connectivity index (χ3n) is 4.83. The fourth-order valence-electron chi connectivity index (χ4n) is 3.22. The van der Waals surface area contributed by atoms with Gasteiger partial charge in [0.15, 0.2) is 6.10 Å². The number of carbonyl (C=O) groups is 1. The minimum Gasteiger partial charge on any atom is -0.493 e. The van der Waals surface area contributed by atoms with Gasteiger partial charge in [0, 0.05) is 18.8 Å². The number of rotatable bonds is 13. The Morgan fingerprint density at radius 3 is 2.47 bits per heavy atom. The van der Waals surface area contributed by atoms with Crippen LogP contribution < -0.4 is 14.2 Å². The molecule has 0 unspecified atom stereocenters. The van der Waals surface area contributed by atoms with Gasteiger partial charge in [-0.05, 0) is 54.8 Å². The molecule has 0 aliphatic carbocycles. The molecule has 8 heteroatoms. The van der Waals surface area contributed by atoms with Crippen LogP contribution in [0, 0.1) is 0 Å². The number of aliphatic hydroxyl groups is 1. The van der Waals surface area contributed by atoms with E-state index < -0.39 is 12.1 Å². The Morgan fingerprint density at radius 2 is 1.76 bits per heavy atom. The summed E-state index contributed by atoms with van der Waals surface area (Å²) >= 11 is 0. The molecule has 3 aromatic rings. The van der Waals surface area contributed by atoms with Crippen LogP contribution in [0.2, 0.25) is 0 Å². The average molecular weight is 467 g/mol. The van der Waals surface area contributed by atoms with Crippen LogP contribution in [0.25, 0.3) is 0 Å². The summed E-state index contributed by atoms with van der Waals surface area (Å²) in [5.74, 6) is 1.95. The van der Waals surface area contributed by atoms with Crippen LogP contribution in [0.4, 0.5) is 0 Å². The van der Waals surface area contributed by atoms with Gasteiger partial charge in [-0.1, -0.05) is 25.5 Å². The second-order valence-corrected chi connectivity index (χ2v) is 7.44. The molecule has 34 heavy (non-hydrogen) atoms. The van der Waals surface area contributed by atoms with Crippen LogP contribution in [-0.4, -0.2) is 40.9 Å². The molecule has 1 N–H and O–H groups in total. The highest BCUT2D eigenvalue weighted by Gasteiger charge is 2.18. The lowest BCUT2D eigenvalue weighted by Crippen LogP contribution is -2.15. The van der Waals surface area contributed by atoms with E-state index in [1.54, 1.807) is 49.8 Å². The van der Waals surface area contributed by atoms with Crippen LogP contribution in [0.1, 0.15) is 43.9 Å². The molecule has 0 bridgehead atoms. The molecule has 0 radical (unpaired) electrons. The van der Waals surface area contributed by atoms with Crippen LogP contribution in [0.15, 0.2) is 61.1 Å². The molecule has 0 aliphatic rings. The summed E-state index contributed by atoms with van der Waals surface area (Å²) < 4.78 is 22.3. The fourth-order valence-corrected chi connectivity index (χ4v) is 3.22. The topological polar surface area (TPSA) is 100 Å². The number of ether oxygens (including phenoxy) is 4. The van der Waals surface area contributed by atoms with E-state index in [0.29, 0.717) is 42.6 Å². The Labute approximate surface area is 199 Å². The Balaban J connectivity index is 1.46. The van der Waals surface area contributed by atoms with Gasteiger partial charge in [0.1, 0.15) is 17.2 Å². The van der Waals surface area contributed by atoms with E-state index >= 15 is 0 Å². The maximum atomic E-state index is 11.6. The molecule has 1 aromatic heterocycles. The first-order valence-corrected chi connectivity index (χ1v) is 11.4. The summed E-state index contributed by atoms with van der Waals surface area (Å²) in [6, 6.07) is 12.5. The number of carbonyl (C=O) groups excluding carboxylic acids is 1. The molecule has 0 fully saturated rings. The number of hydrogen-bond acceptors (Lipinski definition) is 8. The number of benzene rings is 2. The van der Waals surface area contributed by atoms with Crippen molar-refractivity contribution in [2.45, 2.75) is 39.2 Å². The Kier molecular flexibility index (Phi) is 9.66. The summed E-state index contributed by atoms with van der Waals surface area (Å²) in [6.45, 7) is 5.00. The average Bonchev–Trinajstić information content (AvgIpc) is 2.86. The number of esters is 1. The van der Waals surface area contributed by atoms with Gasteiger partial charge in [0.25, 0.3) is 0 Å². The first-order valence-electron chi connectivity index (χ1n) is 11.4. The normalized spacial score (nSPS) is 11.5. The third kappa shape index (κ3) is 7.45. The smallest absolute Gasteiger partial charge is 0.339 e. The van der Waals surface area contributed by atoms with Gasteiger partial charge in [-0.25, -0.2) is 9.78 Å². The second-order valence-electron chi connectivity index (χ2n) is 7.44. The zero-order chi connectivity index (χ0) is 24.2. The molecule has 2 aromatic carbocycles. The highest BCUT2D eigenvalue weighted by Crippen LogP contribution is 2.28. The van der Waals surface area contributed by atoms with Crippen molar-refractivity contribution in [1.82, 2.24) is 9.97 Å². The molecule has 0 amide bonds. The van der Waals surface area contributed by atoms with E-state index in [0.717, 1.165) is 24.2 Å². The van der Waals surface area contributed by atoms with Crippen LogP contribution in [-0.2, 0) is 16.0 Å². The molecule has 0 saturated heterocycles. The van der Waals surface area contributed by atoms with Gasteiger partial charge in [-0.15, -0.1) is 0 Å². The van der Waals surface area contributed by atoms with Crippen molar-refractivity contribution in [2.75, 3.05) is 19.8 Å². The monoisotopic (exact) mass is 466 g/mol. The largest absolute Gasteiger partial charge is 0.493 e. The summed E-state index contributed by atoms with van der Waals surface area (Å²) in [4.78, 5) is 19.8. The summed E-state index contributed by atoms with van der Waals surface area (Å²) in [5, 5.41) is 9.97. The molecule has 0 aliphatic heterocycles. The quantitative estimate of drug-likeness (QED) is 0.287. The number of aromatic nitrogens is 2. The predicted octanol–water partition coefficient (Wildman–Crippen LogP) is 4.67. The second kappa shape index (κ2) is 13.2. The zero-order valence-corrected chi connectivity index (χ0v) is 19.5. The molecule has 180 valence electrons. The minimum absolute atomic E-state index is 0.222. The fraction of sp³-hybridized carbons (Fsp3) is 0.346. The summed E-state index contributed by atoms with van der Waals surface area (Å²) in [7, 11) is 0. The molecule has 0 saturated carbocycles. The molecule has 0 spiro atoms. The number of nitrogens with zero attached hydrogens (tertiary/aromatic N) is 2. The SMILES string of the molecule is CCCc1cc(Oc2cnccn2)ccc1OCCCOc1ccc([C@@H](O)C(=O)OCC)cc1. The molecule has 8 nitrogen and oxygen atoms in total. The van der Waals surface area contributed by atoms with E-state index in [9.17, 15) is 9.90 Å². The molecule has 1 atom stereocenters. The summed E-state index contributed by atoms with van der Waals surface area (Å²) in [6.07, 6.45) is 6.00. The van der Waals surface area contributed by atoms with Crippen molar-refractivity contribution >= 4 is 5.97 Å². The van der Waals surface area contributed by atoms with E-state index in [-0.39, 0.29) is 6.61 Å². The van der Waals surface area contributed by atoms with Crippen molar-refractivity contribution in [3.8, 4) is 23.1 Å². The van der Waals surface area contributed by atoms with Gasteiger partial charge < -0.3 is 24.1 Å². The van der Waals surface area contributed by atoms with Crippen LogP contribution in [0.3, 0.4) is 0 Å². The zero-order valence-electron chi connectivity index (χ0n) is 19.5. The Morgan fingerprint density at radius 1 is 1.00 bits per heavy atom. The lowest BCUT2D eigenvalue weighted by molar-refractivity contribution is -0.153. The van der Waals surface area contributed by atoms with E-state index in [4.69, 9.17) is 18.9 Å². The van der Waals surface area contributed by atoms with Crippen molar-refractivity contribution in [3.63, 3.8) is 0 Å². The minimum atomic E-state index is -1.29. The lowest BCUT2D eigenvalue weighted by Gasteiger charge is -2.14. The highest BCUT2D eigenvalue weighted by atomic mass is 16.5. The van der Waals surface area contributed by atoms with E-state index in [2.05, 4.69) is 16.9 Å². The predicted molar refractivity (Wildman–Crippen MR) is 126 cm³/mol. The molecular formula is C26H30N2O6. The first-order chi connectivity index (χ1) is 16.6. The van der Waals surface area contributed by atoms with E-state index in [1.807, 2.05) is 18.2 Å². The van der Waals surface area contributed by atoms with Gasteiger partial charge >= 0.3 is 5.97 Å². The molecular weight excluding hydrogens is 436 g/mol. The highest BCUT2D eigenvalue weighted by molar-refractivity contribution is 5.76. The van der Waals surface area contributed by atoms with Gasteiger partial charge in [0.05, 0.1) is 26.0 Å². The van der Waals surface area contributed by atoms with Crippen molar-refractivity contribution < 1.29 is 28.8 Å².